The van der Waals surface area contributed by atoms with Gasteiger partial charge in [-0.1, -0.05) is 41.9 Å². The molecule has 1 atom stereocenters. The lowest BCUT2D eigenvalue weighted by atomic mass is 9.91. The highest BCUT2D eigenvalue weighted by Crippen LogP contribution is 2.35. The Bertz CT molecular complexity index is 726. The van der Waals surface area contributed by atoms with Gasteiger partial charge in [-0.05, 0) is 18.2 Å². The van der Waals surface area contributed by atoms with Crippen LogP contribution in [0.3, 0.4) is 0 Å². The summed E-state index contributed by atoms with van der Waals surface area (Å²) in [6.07, 6.45) is 0. The molecule has 1 aliphatic rings. The number of hydrogen-bond acceptors (Lipinski definition) is 2. The molecule has 5 nitrogen and oxygen atoms in total. The van der Waals surface area contributed by atoms with Crippen LogP contribution in [0.25, 0.3) is 0 Å². The number of hydrogen-bond donors (Lipinski definition) is 3. The third kappa shape index (κ3) is 2.11. The van der Waals surface area contributed by atoms with Gasteiger partial charge in [-0.2, -0.15) is 0 Å². The van der Waals surface area contributed by atoms with Crippen molar-refractivity contribution in [1.29, 1.82) is 0 Å². The predicted molar refractivity (Wildman–Crippen MR) is 78.9 cm³/mol. The van der Waals surface area contributed by atoms with Crippen molar-refractivity contribution in [2.75, 3.05) is 0 Å². The highest BCUT2D eigenvalue weighted by molar-refractivity contribution is 6.30. The minimum absolute atomic E-state index is 0.269. The van der Waals surface area contributed by atoms with Crippen molar-refractivity contribution in [3.05, 3.63) is 70.2 Å². The Kier molecular flexibility index (Phi) is 3.07. The fourth-order valence-corrected chi connectivity index (χ4v) is 2.72. The van der Waals surface area contributed by atoms with Gasteiger partial charge in [-0.15, -0.1) is 0 Å². The number of nitrogens with two attached hydrogens (primary N) is 1. The van der Waals surface area contributed by atoms with Crippen molar-refractivity contribution in [2.24, 2.45) is 5.73 Å². The average Bonchev–Trinajstić information content (AvgIpc) is 2.73. The number of fused-ring (bicyclic) bond motifs is 1. The van der Waals surface area contributed by atoms with Crippen molar-refractivity contribution < 1.29 is 9.59 Å². The lowest BCUT2D eigenvalue weighted by Crippen LogP contribution is -2.56. The van der Waals surface area contributed by atoms with Crippen LogP contribution in [0.15, 0.2) is 48.5 Å². The Morgan fingerprint density at radius 1 is 1.14 bits per heavy atom. The summed E-state index contributed by atoms with van der Waals surface area (Å²) in [6.45, 7) is 0. The van der Waals surface area contributed by atoms with Crippen LogP contribution in [0, 0.1) is 0 Å². The smallest absolute Gasteiger partial charge is 0.314 e. The van der Waals surface area contributed by atoms with E-state index in [1.54, 1.807) is 48.5 Å². The molecule has 2 aromatic carbocycles. The molecule has 0 spiro atoms. The number of halogens is 1. The van der Waals surface area contributed by atoms with E-state index in [4.69, 9.17) is 17.3 Å². The SMILES string of the molecule is NC(=O)NC1(c2ccc(Cl)cc2)NC(=O)c2ccccc21. The van der Waals surface area contributed by atoms with Gasteiger partial charge in [-0.3, -0.25) is 4.79 Å². The molecule has 6 heteroatoms. The van der Waals surface area contributed by atoms with Crippen molar-refractivity contribution in [3.8, 4) is 0 Å². The van der Waals surface area contributed by atoms with Gasteiger partial charge < -0.3 is 16.4 Å². The first kappa shape index (κ1) is 13.5. The number of carbonyl (C=O) groups excluding carboxylic acids is 2. The minimum atomic E-state index is -1.18. The Morgan fingerprint density at radius 3 is 2.48 bits per heavy atom. The van der Waals surface area contributed by atoms with Gasteiger partial charge in [0, 0.05) is 21.7 Å². The topological polar surface area (TPSA) is 84.2 Å². The van der Waals surface area contributed by atoms with Gasteiger partial charge in [-0.25, -0.2) is 4.79 Å². The molecule has 3 rings (SSSR count). The maximum atomic E-state index is 12.2. The van der Waals surface area contributed by atoms with E-state index in [1.165, 1.54) is 0 Å². The van der Waals surface area contributed by atoms with Gasteiger partial charge in [0.1, 0.15) is 0 Å². The van der Waals surface area contributed by atoms with Gasteiger partial charge in [0.2, 0.25) is 0 Å². The average molecular weight is 302 g/mol. The number of primary amides is 1. The molecule has 0 aromatic heterocycles. The van der Waals surface area contributed by atoms with E-state index in [9.17, 15) is 9.59 Å². The Labute approximate surface area is 126 Å². The molecule has 0 aliphatic carbocycles. The van der Waals surface area contributed by atoms with E-state index >= 15 is 0 Å². The first-order valence-corrected chi connectivity index (χ1v) is 6.66. The highest BCUT2D eigenvalue weighted by atomic mass is 35.5. The van der Waals surface area contributed by atoms with Crippen LogP contribution < -0.4 is 16.4 Å². The van der Waals surface area contributed by atoms with Crippen LogP contribution in [0.2, 0.25) is 5.02 Å². The lowest BCUT2D eigenvalue weighted by Gasteiger charge is -2.31. The van der Waals surface area contributed by atoms with Crippen LogP contribution in [-0.2, 0) is 5.66 Å². The van der Waals surface area contributed by atoms with E-state index in [0.29, 0.717) is 21.7 Å². The fourth-order valence-electron chi connectivity index (χ4n) is 2.60. The summed E-state index contributed by atoms with van der Waals surface area (Å²) in [4.78, 5) is 23.6. The second kappa shape index (κ2) is 4.79. The number of amides is 3. The number of urea groups is 1. The molecule has 106 valence electrons. The van der Waals surface area contributed by atoms with Gasteiger partial charge >= 0.3 is 6.03 Å². The number of rotatable bonds is 2. The first-order chi connectivity index (χ1) is 10.0. The maximum Gasteiger partial charge on any atom is 0.314 e. The zero-order valence-corrected chi connectivity index (χ0v) is 11.6. The van der Waals surface area contributed by atoms with E-state index in [2.05, 4.69) is 10.6 Å². The molecule has 1 aliphatic heterocycles. The third-order valence-electron chi connectivity index (χ3n) is 3.46. The molecule has 0 fully saturated rings. The van der Waals surface area contributed by atoms with Gasteiger partial charge in [0.15, 0.2) is 5.66 Å². The molecule has 21 heavy (non-hydrogen) atoms. The molecule has 4 N–H and O–H groups in total. The number of benzene rings is 2. The van der Waals surface area contributed by atoms with Crippen molar-refractivity contribution in [2.45, 2.75) is 5.66 Å². The Hall–Kier alpha value is -2.53. The predicted octanol–water partition coefficient (Wildman–Crippen LogP) is 1.95. The quantitative estimate of drug-likeness (QED) is 0.792. The summed E-state index contributed by atoms with van der Waals surface area (Å²) in [5.41, 5.74) is 5.94. The molecule has 3 amide bonds. The zero-order chi connectivity index (χ0) is 15.0. The standard InChI is InChI=1S/C15H12ClN3O2/c16-10-7-5-9(6-8-10)15(19-14(17)21)12-4-2-1-3-11(12)13(20)18-15/h1-8H,(H,18,20)(H3,17,19,21). The molecule has 0 saturated carbocycles. The molecule has 0 radical (unpaired) electrons. The van der Waals surface area contributed by atoms with Crippen molar-refractivity contribution in [1.82, 2.24) is 10.6 Å². The molecule has 1 heterocycles. The number of carbonyl (C=O) groups is 2. The molecule has 2 aromatic rings. The maximum absolute atomic E-state index is 12.2. The van der Waals surface area contributed by atoms with Crippen LogP contribution >= 0.6 is 11.6 Å². The summed E-state index contributed by atoms with van der Waals surface area (Å²) in [5.74, 6) is -0.269. The van der Waals surface area contributed by atoms with Crippen LogP contribution in [0.1, 0.15) is 21.5 Å². The summed E-state index contributed by atoms with van der Waals surface area (Å²) in [5, 5.41) is 6.01. The number of nitrogens with one attached hydrogen (secondary N) is 2. The molecule has 1 unspecified atom stereocenters. The van der Waals surface area contributed by atoms with Crippen molar-refractivity contribution >= 4 is 23.5 Å². The summed E-state index contributed by atoms with van der Waals surface area (Å²) >= 11 is 5.90. The second-order valence-corrected chi connectivity index (χ2v) is 5.18. The minimum Gasteiger partial charge on any atom is -0.352 e. The van der Waals surface area contributed by atoms with Crippen molar-refractivity contribution in [3.63, 3.8) is 0 Å². The third-order valence-corrected chi connectivity index (χ3v) is 3.72. The van der Waals surface area contributed by atoms with E-state index in [1.807, 2.05) is 0 Å². The van der Waals surface area contributed by atoms with E-state index in [0.717, 1.165) is 0 Å². The first-order valence-electron chi connectivity index (χ1n) is 6.28. The van der Waals surface area contributed by atoms with Crippen LogP contribution in [0.4, 0.5) is 4.79 Å². The fraction of sp³-hybridized carbons (Fsp3) is 0.0667. The monoisotopic (exact) mass is 301 g/mol. The largest absolute Gasteiger partial charge is 0.352 e. The van der Waals surface area contributed by atoms with Gasteiger partial charge in [0.25, 0.3) is 5.91 Å². The van der Waals surface area contributed by atoms with Crippen LogP contribution in [0.5, 0.6) is 0 Å². The zero-order valence-electron chi connectivity index (χ0n) is 10.9. The highest BCUT2D eigenvalue weighted by Gasteiger charge is 2.45. The van der Waals surface area contributed by atoms with Gasteiger partial charge in [0.05, 0.1) is 0 Å². The molecule has 0 bridgehead atoms. The molecule has 0 saturated heterocycles. The Balaban J connectivity index is 2.22. The Morgan fingerprint density at radius 2 is 1.81 bits per heavy atom. The molecular formula is C15H12ClN3O2. The second-order valence-electron chi connectivity index (χ2n) is 4.75. The van der Waals surface area contributed by atoms with E-state index in [-0.39, 0.29) is 5.91 Å². The summed E-state index contributed by atoms with van der Waals surface area (Å²) in [6, 6.07) is 13.2. The van der Waals surface area contributed by atoms with E-state index < -0.39 is 11.7 Å². The molecular weight excluding hydrogens is 290 g/mol. The lowest BCUT2D eigenvalue weighted by molar-refractivity contribution is 0.0934. The summed E-state index contributed by atoms with van der Waals surface area (Å²) < 4.78 is 0. The summed E-state index contributed by atoms with van der Waals surface area (Å²) in [7, 11) is 0. The van der Waals surface area contributed by atoms with Crippen LogP contribution in [-0.4, -0.2) is 11.9 Å². The normalized spacial score (nSPS) is 19.8.